The van der Waals surface area contributed by atoms with Crippen LogP contribution in [-0.2, 0) is 0 Å². The highest BCUT2D eigenvalue weighted by atomic mass is 79.9. The largest absolute Gasteiger partial charge is 0.0843 e. The summed E-state index contributed by atoms with van der Waals surface area (Å²) in [6.45, 7) is 8.77. The minimum Gasteiger partial charge on any atom is -0.0843 e. The summed E-state index contributed by atoms with van der Waals surface area (Å²) < 4.78 is 1.05. The molecule has 0 N–H and O–H groups in total. The molecule has 0 atom stereocenters. The van der Waals surface area contributed by atoms with Gasteiger partial charge in [0.1, 0.15) is 0 Å². The quantitative estimate of drug-likeness (QED) is 0.162. The predicted molar refractivity (Wildman–Crippen MR) is 211 cm³/mol. The molecular weight excluding hydrogens is 668 g/mol. The molecule has 0 aromatic heterocycles. The van der Waals surface area contributed by atoms with E-state index in [1.165, 1.54) is 77.9 Å². The molecule has 0 unspecified atom stereocenters. The van der Waals surface area contributed by atoms with Crippen LogP contribution in [-0.4, -0.2) is 0 Å². The number of aryl methyl sites for hydroxylation is 4. The molecule has 2 heteroatoms. The number of benzene rings is 7. The van der Waals surface area contributed by atoms with Crippen molar-refractivity contribution < 1.29 is 0 Å². The third-order valence-electron chi connectivity index (χ3n) is 8.91. The smallest absolute Gasteiger partial charge is 0.0406 e. The van der Waals surface area contributed by atoms with Gasteiger partial charge in [0.05, 0.1) is 0 Å². The van der Waals surface area contributed by atoms with Crippen LogP contribution in [0.25, 0.3) is 66.8 Å². The van der Waals surface area contributed by atoms with Gasteiger partial charge in [0.25, 0.3) is 0 Å². The summed E-state index contributed by atoms with van der Waals surface area (Å²) in [5, 5.41) is 0.718. The summed E-state index contributed by atoms with van der Waals surface area (Å²) in [6, 6.07) is 52.9. The van der Waals surface area contributed by atoms with Gasteiger partial charge in [0.15, 0.2) is 0 Å². The fourth-order valence-corrected chi connectivity index (χ4v) is 7.55. The molecule has 0 amide bonds. The predicted octanol–water partition coefficient (Wildman–Crippen LogP) is 14.3. The van der Waals surface area contributed by atoms with E-state index in [1.54, 1.807) is 0 Å². The van der Waals surface area contributed by atoms with Crippen molar-refractivity contribution in [3.05, 3.63) is 177 Å². The molecular formula is C46H36BrCl. The van der Waals surface area contributed by atoms with Gasteiger partial charge in [-0.25, -0.2) is 0 Å². The lowest BCUT2D eigenvalue weighted by molar-refractivity contribution is 1.37. The third kappa shape index (κ3) is 6.29. The first kappa shape index (κ1) is 31.9. The second-order valence-electron chi connectivity index (χ2n) is 12.7. The van der Waals surface area contributed by atoms with E-state index < -0.39 is 0 Å². The second-order valence-corrected chi connectivity index (χ2v) is 14.1. The van der Waals surface area contributed by atoms with E-state index in [-0.39, 0.29) is 0 Å². The van der Waals surface area contributed by atoms with Crippen molar-refractivity contribution in [1.29, 1.82) is 0 Å². The minimum absolute atomic E-state index is 0.718. The first-order valence-corrected chi connectivity index (χ1v) is 17.5. The zero-order chi connectivity index (χ0) is 33.4. The lowest BCUT2D eigenvalue weighted by Gasteiger charge is -2.29. The van der Waals surface area contributed by atoms with Crippen molar-refractivity contribution in [3.63, 3.8) is 0 Å². The number of halogens is 2. The zero-order valence-electron chi connectivity index (χ0n) is 27.6. The first-order chi connectivity index (χ1) is 23.3. The Kier molecular flexibility index (Phi) is 8.92. The maximum Gasteiger partial charge on any atom is 0.0406 e. The average molecular weight is 704 g/mol. The van der Waals surface area contributed by atoms with Crippen molar-refractivity contribution in [2.24, 2.45) is 0 Å². The van der Waals surface area contributed by atoms with Crippen LogP contribution in [0, 0.1) is 27.7 Å². The van der Waals surface area contributed by atoms with Gasteiger partial charge in [-0.15, -0.1) is 0 Å². The van der Waals surface area contributed by atoms with Gasteiger partial charge in [-0.1, -0.05) is 171 Å². The molecule has 7 aromatic carbocycles. The molecule has 7 rings (SSSR count). The molecule has 234 valence electrons. The number of hydrogen-bond donors (Lipinski definition) is 0. The van der Waals surface area contributed by atoms with Crippen LogP contribution in [0.2, 0.25) is 5.02 Å². The molecule has 0 saturated heterocycles. The average Bonchev–Trinajstić information content (AvgIpc) is 3.08. The number of rotatable bonds is 6. The van der Waals surface area contributed by atoms with E-state index in [1.807, 2.05) is 12.1 Å². The normalized spacial score (nSPS) is 11.1. The molecule has 0 heterocycles. The molecule has 0 aliphatic carbocycles. The van der Waals surface area contributed by atoms with Crippen LogP contribution in [0.5, 0.6) is 0 Å². The summed E-state index contributed by atoms with van der Waals surface area (Å²) >= 11 is 10.3. The highest BCUT2D eigenvalue weighted by Gasteiger charge is 2.29. The van der Waals surface area contributed by atoms with Crippen LogP contribution < -0.4 is 0 Å². The number of hydrogen-bond acceptors (Lipinski definition) is 0. The van der Waals surface area contributed by atoms with Gasteiger partial charge in [-0.3, -0.25) is 0 Å². The Morgan fingerprint density at radius 3 is 0.979 bits per heavy atom. The van der Waals surface area contributed by atoms with Gasteiger partial charge < -0.3 is 0 Å². The van der Waals surface area contributed by atoms with E-state index in [0.29, 0.717) is 0 Å². The molecule has 0 aliphatic rings. The molecule has 0 nitrogen and oxygen atoms in total. The van der Waals surface area contributed by atoms with Crippen LogP contribution >= 0.6 is 27.5 Å². The maximum absolute atomic E-state index is 6.56. The van der Waals surface area contributed by atoms with Crippen LogP contribution in [0.1, 0.15) is 22.3 Å². The fraction of sp³-hybridized carbons (Fsp3) is 0.0870. The van der Waals surface area contributed by atoms with Gasteiger partial charge >= 0.3 is 0 Å². The topological polar surface area (TPSA) is 0 Å². The molecule has 0 fully saturated rings. The lowest BCUT2D eigenvalue weighted by atomic mass is 9.73. The molecule has 0 bridgehead atoms. The van der Waals surface area contributed by atoms with Gasteiger partial charge in [-0.05, 0) is 119 Å². The summed E-state index contributed by atoms with van der Waals surface area (Å²) in [5.41, 5.74) is 19.2. The highest BCUT2D eigenvalue weighted by Crippen LogP contribution is 2.56. The summed E-state index contributed by atoms with van der Waals surface area (Å²) in [4.78, 5) is 0. The van der Waals surface area contributed by atoms with Crippen molar-refractivity contribution in [1.82, 2.24) is 0 Å². The lowest BCUT2D eigenvalue weighted by Crippen LogP contribution is -2.02. The zero-order valence-corrected chi connectivity index (χ0v) is 30.0. The second kappa shape index (κ2) is 13.4. The van der Waals surface area contributed by atoms with Gasteiger partial charge in [-0.2, -0.15) is 0 Å². The van der Waals surface area contributed by atoms with Crippen LogP contribution in [0.4, 0.5) is 0 Å². The van der Waals surface area contributed by atoms with Crippen molar-refractivity contribution in [2.45, 2.75) is 27.7 Å². The molecule has 0 radical (unpaired) electrons. The van der Waals surface area contributed by atoms with E-state index in [4.69, 9.17) is 11.6 Å². The van der Waals surface area contributed by atoms with Crippen molar-refractivity contribution in [3.8, 4) is 66.8 Å². The maximum atomic E-state index is 6.56. The van der Waals surface area contributed by atoms with Crippen molar-refractivity contribution in [2.75, 3.05) is 0 Å². The fourth-order valence-electron chi connectivity index (χ4n) is 7.16. The Balaban J connectivity index is 1.84. The van der Waals surface area contributed by atoms with Gasteiger partial charge in [0, 0.05) is 9.50 Å². The molecule has 7 aromatic rings. The Bertz CT molecular complexity index is 2040. The van der Waals surface area contributed by atoms with Crippen LogP contribution in [0.3, 0.4) is 0 Å². The Morgan fingerprint density at radius 2 is 0.625 bits per heavy atom. The Labute approximate surface area is 297 Å². The summed E-state index contributed by atoms with van der Waals surface area (Å²) in [5.74, 6) is 0. The van der Waals surface area contributed by atoms with E-state index in [2.05, 4.69) is 177 Å². The molecule has 0 aliphatic heterocycles. The monoisotopic (exact) mass is 702 g/mol. The summed E-state index contributed by atoms with van der Waals surface area (Å²) in [6.07, 6.45) is 0. The summed E-state index contributed by atoms with van der Waals surface area (Å²) in [7, 11) is 0. The van der Waals surface area contributed by atoms with Crippen molar-refractivity contribution >= 4 is 27.5 Å². The van der Waals surface area contributed by atoms with Gasteiger partial charge in [0.2, 0.25) is 0 Å². The van der Waals surface area contributed by atoms with Crippen LogP contribution in [0.15, 0.2) is 150 Å². The minimum atomic E-state index is 0.718. The standard InChI is InChI=1S/C46H36BrCl/c1-29-23-30(2)26-37(25-29)45-41(33-11-7-5-8-12-33)42(34-13-9-6-10-14-34)46(38-27-31(3)24-32(4)28-38)44(36-17-21-40(48)22-18-36)43(45)35-15-19-39(47)20-16-35/h5-28H,1-4H3. The van der Waals surface area contributed by atoms with E-state index in [0.717, 1.165) is 20.6 Å². The Morgan fingerprint density at radius 1 is 0.333 bits per heavy atom. The van der Waals surface area contributed by atoms with E-state index in [9.17, 15) is 0 Å². The van der Waals surface area contributed by atoms with E-state index >= 15 is 0 Å². The first-order valence-electron chi connectivity index (χ1n) is 16.3. The highest BCUT2D eigenvalue weighted by molar-refractivity contribution is 9.10. The third-order valence-corrected chi connectivity index (χ3v) is 9.69. The molecule has 0 saturated carbocycles. The molecule has 48 heavy (non-hydrogen) atoms. The SMILES string of the molecule is Cc1cc(C)cc(-c2c(-c3ccccc3)c(-c3ccccc3)c(-c3cc(C)cc(C)c3)c(-c3ccc(Br)cc3)c2-c2ccc(Cl)cc2)c1. The molecule has 0 spiro atoms. The Hall–Kier alpha value is -4.69.